The third kappa shape index (κ3) is 7.83. The van der Waals surface area contributed by atoms with Crippen LogP contribution >= 0.6 is 19.8 Å². The average molecular weight is 251 g/mol. The lowest BCUT2D eigenvalue weighted by atomic mass is 10.2. The molecule has 0 spiro atoms. The van der Waals surface area contributed by atoms with Crippen molar-refractivity contribution in [3.05, 3.63) is 0 Å². The molecule has 0 aromatic carbocycles. The minimum absolute atomic E-state index is 0.483. The molecule has 0 saturated carbocycles. The summed E-state index contributed by atoms with van der Waals surface area (Å²) >= 11 is 4.45. The molecule has 0 radical (unpaired) electrons. The quantitative estimate of drug-likeness (QED) is 0.273. The van der Waals surface area contributed by atoms with Gasteiger partial charge in [0, 0.05) is 20.8 Å². The summed E-state index contributed by atoms with van der Waals surface area (Å²) in [5.41, 5.74) is 0. The molecular formula is C9H18NO3PS. The van der Waals surface area contributed by atoms with Crippen LogP contribution in [0.3, 0.4) is 0 Å². The minimum Gasteiger partial charge on any atom is -0.312 e. The van der Waals surface area contributed by atoms with Crippen molar-refractivity contribution in [3.63, 3.8) is 0 Å². The molecule has 0 aromatic rings. The summed E-state index contributed by atoms with van der Waals surface area (Å²) in [5.74, 6) is 0. The molecule has 0 aliphatic rings. The standard InChI is InChI=1S/C9H18NO3PS/c1-12-14(11,13-2)8-6-4-3-5-7-10-9-15/h3-8H2,1-2H3. The van der Waals surface area contributed by atoms with Crippen molar-refractivity contribution in [3.8, 4) is 0 Å². The van der Waals surface area contributed by atoms with Gasteiger partial charge in [-0.2, -0.15) is 0 Å². The fraction of sp³-hybridized carbons (Fsp3) is 0.889. The molecule has 0 fully saturated rings. The van der Waals surface area contributed by atoms with Crippen LogP contribution in [-0.2, 0) is 13.6 Å². The molecule has 0 aromatic heterocycles. The lowest BCUT2D eigenvalue weighted by molar-refractivity contribution is 0.275. The van der Waals surface area contributed by atoms with Gasteiger partial charge in [0.15, 0.2) is 0 Å². The Morgan fingerprint density at radius 3 is 2.33 bits per heavy atom. The Bertz CT molecular complexity index is 246. The molecule has 0 aliphatic heterocycles. The van der Waals surface area contributed by atoms with Crippen molar-refractivity contribution < 1.29 is 13.6 Å². The maximum Gasteiger partial charge on any atom is 0.330 e. The zero-order valence-electron chi connectivity index (χ0n) is 9.27. The molecule has 15 heavy (non-hydrogen) atoms. The summed E-state index contributed by atoms with van der Waals surface area (Å²) in [7, 11) is 0.0352. The molecule has 0 aliphatic carbocycles. The van der Waals surface area contributed by atoms with Crippen LogP contribution in [0.4, 0.5) is 0 Å². The highest BCUT2D eigenvalue weighted by Gasteiger charge is 2.19. The first-order valence-corrected chi connectivity index (χ1v) is 7.06. The molecule has 0 bridgehead atoms. The number of rotatable bonds is 9. The van der Waals surface area contributed by atoms with Crippen LogP contribution in [0.2, 0.25) is 0 Å². The topological polar surface area (TPSA) is 47.9 Å². The van der Waals surface area contributed by atoms with Gasteiger partial charge < -0.3 is 9.05 Å². The lowest BCUT2D eigenvalue weighted by Crippen LogP contribution is -1.95. The lowest BCUT2D eigenvalue weighted by Gasteiger charge is -2.12. The zero-order chi connectivity index (χ0) is 11.6. The third-order valence-corrected chi connectivity index (χ3v) is 4.18. The molecular weight excluding hydrogens is 233 g/mol. The predicted molar refractivity (Wildman–Crippen MR) is 64.9 cm³/mol. The second-order valence-corrected chi connectivity index (χ2v) is 5.67. The SMILES string of the molecule is COP(=O)(CCCCCCN=C=S)OC. The second kappa shape index (κ2) is 9.20. The highest BCUT2D eigenvalue weighted by molar-refractivity contribution is 7.78. The summed E-state index contributed by atoms with van der Waals surface area (Å²) < 4.78 is 21.2. The van der Waals surface area contributed by atoms with Crippen LogP contribution in [0.15, 0.2) is 4.99 Å². The summed E-state index contributed by atoms with van der Waals surface area (Å²) in [6.45, 7) is 0.732. The Hall–Kier alpha value is -0.0500. The maximum atomic E-state index is 11.6. The van der Waals surface area contributed by atoms with Gasteiger partial charge in [-0.3, -0.25) is 4.57 Å². The molecule has 88 valence electrons. The number of hydrogen-bond donors (Lipinski definition) is 0. The van der Waals surface area contributed by atoms with Gasteiger partial charge in [0.25, 0.3) is 0 Å². The normalized spacial score (nSPS) is 11.1. The van der Waals surface area contributed by atoms with Crippen molar-refractivity contribution in [2.24, 2.45) is 4.99 Å². The van der Waals surface area contributed by atoms with Gasteiger partial charge >= 0.3 is 7.60 Å². The summed E-state index contributed by atoms with van der Waals surface area (Å²) in [6, 6.07) is 0. The van der Waals surface area contributed by atoms with Crippen LogP contribution in [0.25, 0.3) is 0 Å². The largest absolute Gasteiger partial charge is 0.330 e. The van der Waals surface area contributed by atoms with Gasteiger partial charge in [-0.15, -0.1) is 0 Å². The van der Waals surface area contributed by atoms with Gasteiger partial charge in [0.1, 0.15) is 0 Å². The molecule has 0 amide bonds. The number of isothiocyanates is 1. The maximum absolute atomic E-state index is 11.6. The highest BCUT2D eigenvalue weighted by Crippen LogP contribution is 2.47. The predicted octanol–water partition coefficient (Wildman–Crippen LogP) is 3.14. The molecule has 4 nitrogen and oxygen atoms in total. The van der Waals surface area contributed by atoms with E-state index < -0.39 is 7.60 Å². The van der Waals surface area contributed by atoms with Crippen molar-refractivity contribution >= 4 is 25.0 Å². The first kappa shape index (κ1) is 14.9. The second-order valence-electron chi connectivity index (χ2n) is 3.09. The van der Waals surface area contributed by atoms with Gasteiger partial charge in [0.05, 0.1) is 11.3 Å². The Labute approximate surface area is 96.6 Å². The molecule has 0 heterocycles. The summed E-state index contributed by atoms with van der Waals surface area (Å²) in [4.78, 5) is 3.81. The number of unbranched alkanes of at least 4 members (excludes halogenated alkanes) is 3. The smallest absolute Gasteiger partial charge is 0.312 e. The average Bonchev–Trinajstić information content (AvgIpc) is 2.27. The molecule has 0 rings (SSSR count). The first-order valence-electron chi connectivity index (χ1n) is 4.92. The molecule has 6 heteroatoms. The van der Waals surface area contributed by atoms with Gasteiger partial charge in [-0.25, -0.2) is 4.99 Å². The van der Waals surface area contributed by atoms with Crippen LogP contribution in [0.5, 0.6) is 0 Å². The molecule has 0 atom stereocenters. The Morgan fingerprint density at radius 2 is 1.80 bits per heavy atom. The number of aliphatic imine (C=N–C) groups is 1. The van der Waals surface area contributed by atoms with E-state index in [-0.39, 0.29) is 0 Å². The van der Waals surface area contributed by atoms with E-state index in [1.54, 1.807) is 0 Å². The Kier molecular flexibility index (Phi) is 9.17. The van der Waals surface area contributed by atoms with E-state index in [1.165, 1.54) is 14.2 Å². The first-order chi connectivity index (χ1) is 7.18. The van der Waals surface area contributed by atoms with Gasteiger partial charge in [-0.05, 0) is 25.1 Å². The monoisotopic (exact) mass is 251 g/mol. The van der Waals surface area contributed by atoms with E-state index in [2.05, 4.69) is 22.4 Å². The van der Waals surface area contributed by atoms with Gasteiger partial charge in [-0.1, -0.05) is 12.8 Å². The van der Waals surface area contributed by atoms with E-state index in [1.807, 2.05) is 0 Å². The van der Waals surface area contributed by atoms with Gasteiger partial charge in [0.2, 0.25) is 0 Å². The number of thiocarbonyl (C=S) groups is 1. The third-order valence-electron chi connectivity index (χ3n) is 2.07. The van der Waals surface area contributed by atoms with E-state index in [9.17, 15) is 4.57 Å². The summed E-state index contributed by atoms with van der Waals surface area (Å²) in [6.07, 6.45) is 4.38. The number of hydrogen-bond acceptors (Lipinski definition) is 5. The van der Waals surface area contributed by atoms with Crippen molar-refractivity contribution in [1.29, 1.82) is 0 Å². The fourth-order valence-corrected chi connectivity index (χ4v) is 2.37. The Morgan fingerprint density at radius 1 is 1.20 bits per heavy atom. The van der Waals surface area contributed by atoms with Crippen LogP contribution in [-0.4, -0.2) is 32.1 Å². The Balaban J connectivity index is 3.45. The van der Waals surface area contributed by atoms with Crippen LogP contribution in [0, 0.1) is 0 Å². The zero-order valence-corrected chi connectivity index (χ0v) is 11.0. The van der Waals surface area contributed by atoms with Crippen LogP contribution in [0.1, 0.15) is 25.7 Å². The van der Waals surface area contributed by atoms with Crippen molar-refractivity contribution in [1.82, 2.24) is 0 Å². The minimum atomic E-state index is -2.79. The van der Waals surface area contributed by atoms with Crippen molar-refractivity contribution in [2.45, 2.75) is 25.7 Å². The van der Waals surface area contributed by atoms with E-state index in [0.717, 1.165) is 32.2 Å². The summed E-state index contributed by atoms with van der Waals surface area (Å²) in [5, 5.41) is 2.32. The highest BCUT2D eigenvalue weighted by atomic mass is 32.1. The van der Waals surface area contributed by atoms with E-state index in [4.69, 9.17) is 9.05 Å². The number of nitrogens with zero attached hydrogens (tertiary/aromatic N) is 1. The molecule has 0 saturated heterocycles. The molecule has 0 N–H and O–H groups in total. The van der Waals surface area contributed by atoms with E-state index in [0.29, 0.717) is 6.16 Å². The fourth-order valence-electron chi connectivity index (χ4n) is 1.15. The molecule has 0 unspecified atom stereocenters. The van der Waals surface area contributed by atoms with Crippen LogP contribution < -0.4 is 0 Å². The van der Waals surface area contributed by atoms with Crippen molar-refractivity contribution in [2.75, 3.05) is 26.9 Å². The van der Waals surface area contributed by atoms with E-state index >= 15 is 0 Å².